The predicted octanol–water partition coefficient (Wildman–Crippen LogP) is 3.03. The molecule has 0 atom stereocenters. The number of carbonyl (C=O) groups excluding carboxylic acids is 1. The van der Waals surface area contributed by atoms with E-state index in [1.165, 1.54) is 25.7 Å². The molecule has 19 heavy (non-hydrogen) atoms. The van der Waals surface area contributed by atoms with E-state index in [1.54, 1.807) is 17.8 Å². The Hall–Kier alpha value is -1.36. The highest BCUT2D eigenvalue weighted by Gasteiger charge is 2.17. The Balaban J connectivity index is 1.51. The second-order valence-electron chi connectivity index (χ2n) is 4.83. The molecule has 102 valence electrons. The quantitative estimate of drug-likeness (QED) is 0.920. The highest BCUT2D eigenvalue weighted by Crippen LogP contribution is 2.34. The number of carbonyl (C=O) groups is 1. The monoisotopic (exact) mass is 279 g/mol. The van der Waals surface area contributed by atoms with Gasteiger partial charge in [-0.05, 0) is 25.0 Å². The van der Waals surface area contributed by atoms with Gasteiger partial charge in [-0.1, -0.05) is 12.8 Å². The summed E-state index contributed by atoms with van der Waals surface area (Å²) < 4.78 is 10.5. The van der Waals surface area contributed by atoms with Crippen molar-refractivity contribution >= 4 is 23.4 Å². The van der Waals surface area contributed by atoms with E-state index in [1.807, 2.05) is 12.1 Å². The Morgan fingerprint density at radius 1 is 1.26 bits per heavy atom. The second kappa shape index (κ2) is 5.74. The molecule has 5 heteroatoms. The lowest BCUT2D eigenvalue weighted by atomic mass is 10.3. The van der Waals surface area contributed by atoms with Gasteiger partial charge in [0, 0.05) is 17.0 Å². The Morgan fingerprint density at radius 3 is 2.89 bits per heavy atom. The number of ether oxygens (including phenoxy) is 2. The molecule has 3 rings (SSSR count). The molecule has 0 radical (unpaired) electrons. The van der Waals surface area contributed by atoms with E-state index in [9.17, 15) is 4.79 Å². The minimum absolute atomic E-state index is 0.0516. The first kappa shape index (κ1) is 12.7. The van der Waals surface area contributed by atoms with Gasteiger partial charge in [0.15, 0.2) is 11.5 Å². The van der Waals surface area contributed by atoms with Gasteiger partial charge in [-0.2, -0.15) is 0 Å². The molecular formula is C14H17NO3S. The van der Waals surface area contributed by atoms with Gasteiger partial charge in [0.25, 0.3) is 0 Å². The Bertz CT molecular complexity index is 472. The predicted molar refractivity (Wildman–Crippen MR) is 75.9 cm³/mol. The fourth-order valence-corrected chi connectivity index (χ4v) is 3.55. The lowest BCUT2D eigenvalue weighted by Gasteiger charge is -2.09. The van der Waals surface area contributed by atoms with Crippen molar-refractivity contribution in [3.8, 4) is 11.5 Å². The van der Waals surface area contributed by atoms with Crippen LogP contribution in [0.4, 0.5) is 5.69 Å². The van der Waals surface area contributed by atoms with Crippen LogP contribution < -0.4 is 14.8 Å². The molecule has 1 amide bonds. The molecular weight excluding hydrogens is 262 g/mol. The summed E-state index contributed by atoms with van der Waals surface area (Å²) in [7, 11) is 0. The Labute approximate surface area is 116 Å². The number of hydrogen-bond donors (Lipinski definition) is 1. The summed E-state index contributed by atoms with van der Waals surface area (Å²) in [6, 6.07) is 5.47. The Kier molecular flexibility index (Phi) is 3.82. The van der Waals surface area contributed by atoms with Crippen molar-refractivity contribution < 1.29 is 14.3 Å². The molecule has 1 aliphatic heterocycles. The largest absolute Gasteiger partial charge is 0.454 e. The van der Waals surface area contributed by atoms with Crippen molar-refractivity contribution in [2.75, 3.05) is 17.9 Å². The van der Waals surface area contributed by atoms with Crippen molar-refractivity contribution in [2.24, 2.45) is 0 Å². The molecule has 4 nitrogen and oxygen atoms in total. The fourth-order valence-electron chi connectivity index (χ4n) is 2.42. The van der Waals surface area contributed by atoms with Crippen LogP contribution in [0, 0.1) is 0 Å². The first-order valence-electron chi connectivity index (χ1n) is 6.62. The van der Waals surface area contributed by atoms with Crippen LogP contribution in [0.5, 0.6) is 11.5 Å². The van der Waals surface area contributed by atoms with Gasteiger partial charge >= 0.3 is 0 Å². The van der Waals surface area contributed by atoms with Gasteiger partial charge < -0.3 is 14.8 Å². The molecule has 2 aliphatic rings. The molecule has 1 aromatic carbocycles. The van der Waals surface area contributed by atoms with Crippen molar-refractivity contribution in [3.63, 3.8) is 0 Å². The molecule has 0 aromatic heterocycles. The van der Waals surface area contributed by atoms with Crippen LogP contribution in [0.3, 0.4) is 0 Å². The van der Waals surface area contributed by atoms with Crippen LogP contribution in [-0.2, 0) is 4.79 Å². The molecule has 1 fully saturated rings. The van der Waals surface area contributed by atoms with Gasteiger partial charge in [0.1, 0.15) is 0 Å². The first-order chi connectivity index (χ1) is 9.31. The third-order valence-electron chi connectivity index (χ3n) is 3.41. The minimum Gasteiger partial charge on any atom is -0.454 e. The standard InChI is InChI=1S/C14H17NO3S/c16-14(8-19-11-3-1-2-4-11)15-10-5-6-12-13(7-10)18-9-17-12/h5-7,11H,1-4,8-9H2,(H,15,16). The zero-order valence-corrected chi connectivity index (χ0v) is 11.5. The van der Waals surface area contributed by atoms with Gasteiger partial charge in [0.05, 0.1) is 5.75 Å². The third-order valence-corrected chi connectivity index (χ3v) is 4.78. The number of anilines is 1. The van der Waals surface area contributed by atoms with Crippen LogP contribution in [0.1, 0.15) is 25.7 Å². The number of thioether (sulfide) groups is 1. The van der Waals surface area contributed by atoms with Crippen LogP contribution in [0.2, 0.25) is 0 Å². The zero-order chi connectivity index (χ0) is 13.1. The minimum atomic E-state index is 0.0516. The van der Waals surface area contributed by atoms with E-state index < -0.39 is 0 Å². The summed E-state index contributed by atoms with van der Waals surface area (Å²) in [5.74, 6) is 2.01. The number of fused-ring (bicyclic) bond motifs is 1. The zero-order valence-electron chi connectivity index (χ0n) is 10.7. The average molecular weight is 279 g/mol. The molecule has 1 saturated carbocycles. The number of nitrogens with one attached hydrogen (secondary N) is 1. The van der Waals surface area contributed by atoms with E-state index in [4.69, 9.17) is 9.47 Å². The van der Waals surface area contributed by atoms with Crippen LogP contribution in [0.15, 0.2) is 18.2 Å². The van der Waals surface area contributed by atoms with E-state index in [0.717, 1.165) is 11.4 Å². The van der Waals surface area contributed by atoms with Gasteiger partial charge in [-0.15, -0.1) is 11.8 Å². The summed E-state index contributed by atoms with van der Waals surface area (Å²) in [4.78, 5) is 11.9. The highest BCUT2D eigenvalue weighted by molar-refractivity contribution is 8.00. The lowest BCUT2D eigenvalue weighted by Crippen LogP contribution is -2.15. The van der Waals surface area contributed by atoms with Crippen molar-refractivity contribution in [1.29, 1.82) is 0 Å². The van der Waals surface area contributed by atoms with E-state index in [-0.39, 0.29) is 12.7 Å². The lowest BCUT2D eigenvalue weighted by molar-refractivity contribution is -0.113. The van der Waals surface area contributed by atoms with E-state index >= 15 is 0 Å². The normalized spacial score (nSPS) is 17.7. The first-order valence-corrected chi connectivity index (χ1v) is 7.67. The summed E-state index contributed by atoms with van der Waals surface area (Å²) in [5.41, 5.74) is 0.765. The van der Waals surface area contributed by atoms with Crippen LogP contribution in [0.25, 0.3) is 0 Å². The molecule has 1 N–H and O–H groups in total. The highest BCUT2D eigenvalue weighted by atomic mass is 32.2. The summed E-state index contributed by atoms with van der Waals surface area (Å²) >= 11 is 1.77. The third kappa shape index (κ3) is 3.15. The van der Waals surface area contributed by atoms with Gasteiger partial charge in [-0.25, -0.2) is 0 Å². The molecule has 0 bridgehead atoms. The topological polar surface area (TPSA) is 47.6 Å². The van der Waals surface area contributed by atoms with Crippen LogP contribution in [-0.4, -0.2) is 23.7 Å². The van der Waals surface area contributed by atoms with Crippen LogP contribution >= 0.6 is 11.8 Å². The van der Waals surface area contributed by atoms with Crippen molar-refractivity contribution in [3.05, 3.63) is 18.2 Å². The molecule has 0 unspecified atom stereocenters. The molecule has 1 aromatic rings. The van der Waals surface area contributed by atoms with Gasteiger partial charge in [-0.3, -0.25) is 4.79 Å². The van der Waals surface area contributed by atoms with E-state index in [0.29, 0.717) is 16.8 Å². The maximum atomic E-state index is 11.9. The molecule has 0 spiro atoms. The van der Waals surface area contributed by atoms with E-state index in [2.05, 4.69) is 5.32 Å². The number of benzene rings is 1. The summed E-state index contributed by atoms with van der Waals surface area (Å²) in [5, 5.41) is 3.57. The maximum Gasteiger partial charge on any atom is 0.234 e. The number of rotatable bonds is 4. The molecule has 1 heterocycles. The van der Waals surface area contributed by atoms with Crippen molar-refractivity contribution in [2.45, 2.75) is 30.9 Å². The molecule has 1 aliphatic carbocycles. The summed E-state index contributed by atoms with van der Waals surface area (Å²) in [6.07, 6.45) is 5.12. The van der Waals surface area contributed by atoms with Crippen molar-refractivity contribution in [1.82, 2.24) is 0 Å². The summed E-state index contributed by atoms with van der Waals surface area (Å²) in [6.45, 7) is 0.254. The number of amides is 1. The molecule has 0 saturated heterocycles. The second-order valence-corrected chi connectivity index (χ2v) is 6.12. The average Bonchev–Trinajstić information content (AvgIpc) is 3.07. The fraction of sp³-hybridized carbons (Fsp3) is 0.500. The van der Waals surface area contributed by atoms with Gasteiger partial charge in [0.2, 0.25) is 12.7 Å². The number of hydrogen-bond acceptors (Lipinski definition) is 4. The Morgan fingerprint density at radius 2 is 2.05 bits per heavy atom. The maximum absolute atomic E-state index is 11.9. The smallest absolute Gasteiger partial charge is 0.234 e. The SMILES string of the molecule is O=C(CSC1CCCC1)Nc1ccc2c(c1)OCO2.